The summed E-state index contributed by atoms with van der Waals surface area (Å²) in [6.07, 6.45) is 0.844. The number of ether oxygens (including phenoxy) is 3. The van der Waals surface area contributed by atoms with E-state index < -0.39 is 6.10 Å². The number of carbonyl (C=O) groups excluding carboxylic acids is 1. The van der Waals surface area contributed by atoms with Gasteiger partial charge in [-0.15, -0.1) is 0 Å². The van der Waals surface area contributed by atoms with Crippen LogP contribution in [0, 0.1) is 0 Å². The van der Waals surface area contributed by atoms with E-state index in [4.69, 9.17) is 14.2 Å². The predicted octanol–water partition coefficient (Wildman–Crippen LogP) is 3.38. The number of rotatable bonds is 7. The van der Waals surface area contributed by atoms with Gasteiger partial charge in [-0.05, 0) is 52.7 Å². The summed E-state index contributed by atoms with van der Waals surface area (Å²) in [5, 5.41) is 3.95. The summed E-state index contributed by atoms with van der Waals surface area (Å²) in [7, 11) is 3.11. The van der Waals surface area contributed by atoms with Gasteiger partial charge in [0.15, 0.2) is 17.6 Å². The minimum Gasteiger partial charge on any atom is -0.493 e. The molecule has 0 spiro atoms. The SMILES string of the molecule is COc1cc(/C=N\NC(=O)[C@@H](C)Oc2ccccc2)cc(Br)c1OC. The van der Waals surface area contributed by atoms with Gasteiger partial charge in [-0.1, -0.05) is 18.2 Å². The van der Waals surface area contributed by atoms with Crippen LogP contribution in [0.2, 0.25) is 0 Å². The number of carbonyl (C=O) groups is 1. The summed E-state index contributed by atoms with van der Waals surface area (Å²) >= 11 is 3.41. The first-order chi connectivity index (χ1) is 12.0. The highest BCUT2D eigenvalue weighted by atomic mass is 79.9. The standard InChI is InChI=1S/C18H19BrN2O4/c1-12(25-14-7-5-4-6-8-14)18(22)21-20-11-13-9-15(19)17(24-3)16(10-13)23-2/h4-12H,1-3H3,(H,21,22)/b20-11-/t12-/m1/s1. The Labute approximate surface area is 154 Å². The molecule has 2 aromatic carbocycles. The molecular formula is C18H19BrN2O4. The number of hydrogen-bond acceptors (Lipinski definition) is 5. The number of methoxy groups -OCH3 is 2. The number of para-hydroxylation sites is 1. The van der Waals surface area contributed by atoms with Gasteiger partial charge in [0.05, 0.1) is 24.9 Å². The van der Waals surface area contributed by atoms with E-state index in [0.29, 0.717) is 17.2 Å². The number of halogens is 1. The molecule has 0 bridgehead atoms. The average Bonchev–Trinajstić information content (AvgIpc) is 2.61. The lowest BCUT2D eigenvalue weighted by molar-refractivity contribution is -0.127. The van der Waals surface area contributed by atoms with Gasteiger partial charge in [-0.25, -0.2) is 5.43 Å². The molecule has 1 atom stereocenters. The molecule has 0 fully saturated rings. The maximum Gasteiger partial charge on any atom is 0.280 e. The minimum atomic E-state index is -0.670. The summed E-state index contributed by atoms with van der Waals surface area (Å²) in [4.78, 5) is 12.0. The fraction of sp³-hybridized carbons (Fsp3) is 0.222. The molecule has 0 aliphatic carbocycles. The molecule has 2 rings (SSSR count). The zero-order valence-electron chi connectivity index (χ0n) is 14.2. The van der Waals surface area contributed by atoms with Crippen LogP contribution >= 0.6 is 15.9 Å². The molecule has 0 heterocycles. The number of hydrazone groups is 1. The van der Waals surface area contributed by atoms with Gasteiger partial charge >= 0.3 is 0 Å². The van der Waals surface area contributed by atoms with E-state index in [-0.39, 0.29) is 5.91 Å². The highest BCUT2D eigenvalue weighted by molar-refractivity contribution is 9.10. The molecule has 0 unspecified atom stereocenters. The Morgan fingerprint density at radius 2 is 1.92 bits per heavy atom. The lowest BCUT2D eigenvalue weighted by atomic mass is 10.2. The van der Waals surface area contributed by atoms with Crippen molar-refractivity contribution in [1.29, 1.82) is 0 Å². The van der Waals surface area contributed by atoms with Crippen molar-refractivity contribution in [3.05, 3.63) is 52.5 Å². The van der Waals surface area contributed by atoms with Crippen LogP contribution < -0.4 is 19.6 Å². The van der Waals surface area contributed by atoms with Crippen molar-refractivity contribution in [3.63, 3.8) is 0 Å². The number of nitrogens with one attached hydrogen (secondary N) is 1. The molecule has 0 aromatic heterocycles. The summed E-state index contributed by atoms with van der Waals surface area (Å²) < 4.78 is 16.8. The van der Waals surface area contributed by atoms with Gasteiger partial charge in [0.2, 0.25) is 0 Å². The second-order valence-electron chi connectivity index (χ2n) is 5.05. The van der Waals surface area contributed by atoms with E-state index in [1.165, 1.54) is 6.21 Å². The minimum absolute atomic E-state index is 0.348. The molecule has 0 saturated heterocycles. The maximum atomic E-state index is 12.0. The smallest absolute Gasteiger partial charge is 0.280 e. The van der Waals surface area contributed by atoms with E-state index in [2.05, 4.69) is 26.5 Å². The quantitative estimate of drug-likeness (QED) is 0.565. The van der Waals surface area contributed by atoms with E-state index in [0.717, 1.165) is 10.0 Å². The Hall–Kier alpha value is -2.54. The fourth-order valence-electron chi connectivity index (χ4n) is 2.03. The molecule has 0 radical (unpaired) electrons. The van der Waals surface area contributed by atoms with Crippen LogP contribution in [0.1, 0.15) is 12.5 Å². The lowest BCUT2D eigenvalue weighted by Crippen LogP contribution is -2.33. The summed E-state index contributed by atoms with van der Waals surface area (Å²) in [6.45, 7) is 1.66. The van der Waals surface area contributed by atoms with Crippen molar-refractivity contribution in [3.8, 4) is 17.2 Å². The normalized spacial score (nSPS) is 11.8. The summed E-state index contributed by atoms with van der Waals surface area (Å²) in [5.41, 5.74) is 3.19. The number of nitrogens with zero attached hydrogens (tertiary/aromatic N) is 1. The molecule has 1 N–H and O–H groups in total. The van der Waals surface area contributed by atoms with Crippen molar-refractivity contribution in [2.24, 2.45) is 5.10 Å². The third-order valence-corrected chi connectivity index (χ3v) is 3.86. The predicted molar refractivity (Wildman–Crippen MR) is 99.5 cm³/mol. The van der Waals surface area contributed by atoms with Gasteiger partial charge in [0.25, 0.3) is 5.91 Å². The largest absolute Gasteiger partial charge is 0.493 e. The van der Waals surface area contributed by atoms with Crippen molar-refractivity contribution in [2.45, 2.75) is 13.0 Å². The second kappa shape index (κ2) is 9.08. The molecular weight excluding hydrogens is 388 g/mol. The van der Waals surface area contributed by atoms with Crippen LogP contribution in [-0.2, 0) is 4.79 Å². The number of hydrogen-bond donors (Lipinski definition) is 1. The van der Waals surface area contributed by atoms with Gasteiger partial charge in [0, 0.05) is 0 Å². The molecule has 7 heteroatoms. The van der Waals surface area contributed by atoms with E-state index in [1.807, 2.05) is 18.2 Å². The molecule has 6 nitrogen and oxygen atoms in total. The fourth-order valence-corrected chi connectivity index (χ4v) is 2.65. The highest BCUT2D eigenvalue weighted by Crippen LogP contribution is 2.35. The number of amides is 1. The number of benzene rings is 2. The van der Waals surface area contributed by atoms with Crippen LogP contribution in [-0.4, -0.2) is 32.4 Å². The van der Waals surface area contributed by atoms with Crippen molar-refractivity contribution in [1.82, 2.24) is 5.43 Å². The Morgan fingerprint density at radius 3 is 2.56 bits per heavy atom. The van der Waals surface area contributed by atoms with Gasteiger partial charge in [-0.3, -0.25) is 4.79 Å². The monoisotopic (exact) mass is 406 g/mol. The van der Waals surface area contributed by atoms with Crippen molar-refractivity contribution in [2.75, 3.05) is 14.2 Å². The van der Waals surface area contributed by atoms with Crippen LogP contribution in [0.3, 0.4) is 0 Å². The van der Waals surface area contributed by atoms with Crippen LogP contribution in [0.5, 0.6) is 17.2 Å². The first-order valence-electron chi connectivity index (χ1n) is 7.51. The Kier molecular flexibility index (Phi) is 6.82. The molecule has 25 heavy (non-hydrogen) atoms. The first-order valence-corrected chi connectivity index (χ1v) is 8.30. The van der Waals surface area contributed by atoms with E-state index >= 15 is 0 Å². The van der Waals surface area contributed by atoms with Crippen LogP contribution in [0.25, 0.3) is 0 Å². The second-order valence-corrected chi connectivity index (χ2v) is 5.90. The van der Waals surface area contributed by atoms with E-state index in [9.17, 15) is 4.79 Å². The maximum absolute atomic E-state index is 12.0. The van der Waals surface area contributed by atoms with Gasteiger partial charge in [-0.2, -0.15) is 5.10 Å². The Bertz CT molecular complexity index is 750. The topological polar surface area (TPSA) is 69.2 Å². The van der Waals surface area contributed by atoms with Crippen molar-refractivity contribution < 1.29 is 19.0 Å². The summed E-state index contributed by atoms with van der Waals surface area (Å²) in [5.74, 6) is 1.43. The molecule has 2 aromatic rings. The summed E-state index contributed by atoms with van der Waals surface area (Å²) in [6, 6.07) is 12.7. The van der Waals surface area contributed by atoms with E-state index in [1.54, 1.807) is 45.4 Å². The Balaban J connectivity index is 1.98. The first kappa shape index (κ1) is 18.8. The molecule has 1 amide bonds. The third kappa shape index (κ3) is 5.22. The molecule has 0 saturated carbocycles. The van der Waals surface area contributed by atoms with Gasteiger partial charge < -0.3 is 14.2 Å². The molecule has 0 aliphatic heterocycles. The third-order valence-electron chi connectivity index (χ3n) is 3.27. The van der Waals surface area contributed by atoms with Crippen LogP contribution in [0.15, 0.2) is 52.0 Å². The zero-order valence-corrected chi connectivity index (χ0v) is 15.7. The van der Waals surface area contributed by atoms with Crippen molar-refractivity contribution >= 4 is 28.1 Å². The van der Waals surface area contributed by atoms with Gasteiger partial charge in [0.1, 0.15) is 5.75 Å². The average molecular weight is 407 g/mol. The Morgan fingerprint density at radius 1 is 1.20 bits per heavy atom. The zero-order chi connectivity index (χ0) is 18.2. The highest BCUT2D eigenvalue weighted by Gasteiger charge is 2.14. The lowest BCUT2D eigenvalue weighted by Gasteiger charge is -2.12. The molecule has 0 aliphatic rings. The molecule has 132 valence electrons. The van der Waals surface area contributed by atoms with Crippen LogP contribution in [0.4, 0.5) is 0 Å².